The molecule has 0 amide bonds. The van der Waals surface area contributed by atoms with Crippen molar-refractivity contribution in [2.45, 2.75) is 6.42 Å². The van der Waals surface area contributed by atoms with Gasteiger partial charge in [-0.05, 0) is 18.3 Å². The molecule has 2 rings (SSSR count). The van der Waals surface area contributed by atoms with Crippen LogP contribution in [0.25, 0.3) is 0 Å². The molecule has 6 atom stereocenters. The minimum Gasteiger partial charge on any atom is -0.468 e. The second-order valence-corrected chi connectivity index (χ2v) is 6.37. The predicted octanol–water partition coefficient (Wildman–Crippen LogP) is -1.07. The largest absolute Gasteiger partial charge is 0.468 e. The summed E-state index contributed by atoms with van der Waals surface area (Å²) in [5.74, 6) is -13.9. The van der Waals surface area contributed by atoms with Crippen LogP contribution >= 0.6 is 0 Å². The fourth-order valence-electron chi connectivity index (χ4n) is 4.15. The van der Waals surface area contributed by atoms with E-state index in [-0.39, 0.29) is 6.42 Å². The van der Waals surface area contributed by atoms with Crippen LogP contribution in [-0.4, -0.2) is 63.9 Å². The van der Waals surface area contributed by atoms with Gasteiger partial charge < -0.3 is 18.9 Å². The highest BCUT2D eigenvalue weighted by Crippen LogP contribution is 2.49. The van der Waals surface area contributed by atoms with E-state index < -0.39 is 71.0 Å². The number of rotatable bonds is 4. The minimum atomic E-state index is -1.53. The third kappa shape index (κ3) is 3.19. The summed E-state index contributed by atoms with van der Waals surface area (Å²) in [6, 6.07) is 0. The molecule has 2 aliphatic carbocycles. The molecule has 2 bridgehead atoms. The monoisotopic (exact) mass is 384 g/mol. The highest BCUT2D eigenvalue weighted by molar-refractivity contribution is 6.16. The quantitative estimate of drug-likeness (QED) is 0.334. The van der Waals surface area contributed by atoms with Crippen LogP contribution in [0.5, 0.6) is 0 Å². The average Bonchev–Trinajstić information content (AvgIpc) is 2.66. The van der Waals surface area contributed by atoms with Gasteiger partial charge in [0, 0.05) is 0 Å². The zero-order chi connectivity index (χ0) is 20.5. The van der Waals surface area contributed by atoms with E-state index in [1.165, 1.54) is 0 Å². The molecule has 0 aromatic rings. The molecule has 0 aromatic carbocycles. The smallest absolute Gasteiger partial charge is 0.316 e. The van der Waals surface area contributed by atoms with Gasteiger partial charge in [0.2, 0.25) is 0 Å². The van der Waals surface area contributed by atoms with Gasteiger partial charge in [-0.15, -0.1) is 0 Å². The van der Waals surface area contributed by atoms with Crippen LogP contribution < -0.4 is 0 Å². The Hall–Kier alpha value is -2.78. The maximum atomic E-state index is 12.9. The maximum Gasteiger partial charge on any atom is 0.316 e. The van der Waals surface area contributed by atoms with Gasteiger partial charge >= 0.3 is 23.9 Å². The summed E-state index contributed by atoms with van der Waals surface area (Å²) in [6.07, 6.45) is -0.101. The molecule has 0 heterocycles. The van der Waals surface area contributed by atoms with Gasteiger partial charge in [0.1, 0.15) is 23.7 Å². The zero-order valence-corrected chi connectivity index (χ0v) is 15.3. The summed E-state index contributed by atoms with van der Waals surface area (Å²) < 4.78 is 18.6. The van der Waals surface area contributed by atoms with Crippen molar-refractivity contribution in [3.63, 3.8) is 0 Å². The van der Waals surface area contributed by atoms with E-state index in [1.54, 1.807) is 0 Å². The number of hydrogen-bond donors (Lipinski definition) is 0. The molecule has 0 N–H and O–H groups in total. The first-order valence-corrected chi connectivity index (χ1v) is 8.13. The van der Waals surface area contributed by atoms with Gasteiger partial charge in [-0.2, -0.15) is 0 Å². The molecule has 10 nitrogen and oxygen atoms in total. The Balaban J connectivity index is 2.64. The fourth-order valence-corrected chi connectivity index (χ4v) is 4.15. The Kier molecular flexibility index (Phi) is 5.97. The molecule has 10 heteroatoms. The molecule has 0 radical (unpaired) electrons. The highest BCUT2D eigenvalue weighted by Gasteiger charge is 2.64. The molecule has 0 aliphatic heterocycles. The Morgan fingerprint density at radius 1 is 0.593 bits per heavy atom. The van der Waals surface area contributed by atoms with Crippen molar-refractivity contribution in [1.82, 2.24) is 0 Å². The van der Waals surface area contributed by atoms with Crippen molar-refractivity contribution < 1.29 is 47.7 Å². The molecule has 27 heavy (non-hydrogen) atoms. The van der Waals surface area contributed by atoms with Gasteiger partial charge in [0.25, 0.3) is 0 Å². The highest BCUT2D eigenvalue weighted by atomic mass is 16.5. The molecule has 148 valence electrons. The summed E-state index contributed by atoms with van der Waals surface area (Å²) in [5.41, 5.74) is 0. The summed E-state index contributed by atoms with van der Waals surface area (Å²) in [6.45, 7) is 0. The lowest BCUT2D eigenvalue weighted by molar-refractivity contribution is -0.178. The van der Waals surface area contributed by atoms with E-state index in [1.807, 2.05) is 0 Å². The van der Waals surface area contributed by atoms with Crippen LogP contribution in [0, 0.1) is 35.5 Å². The third-order valence-corrected chi connectivity index (χ3v) is 5.30. The molecule has 2 unspecified atom stereocenters. The topological polar surface area (TPSA) is 139 Å². The number of ether oxygens (including phenoxy) is 4. The van der Waals surface area contributed by atoms with Crippen molar-refractivity contribution in [3.05, 3.63) is 0 Å². The zero-order valence-electron chi connectivity index (χ0n) is 15.3. The average molecular weight is 384 g/mol. The van der Waals surface area contributed by atoms with Crippen molar-refractivity contribution in [3.8, 4) is 0 Å². The fraction of sp³-hybridized carbons (Fsp3) is 0.647. The molecule has 0 aromatic heterocycles. The Bertz CT molecular complexity index is 586. The predicted molar refractivity (Wildman–Crippen MR) is 83.6 cm³/mol. The van der Waals surface area contributed by atoms with Crippen LogP contribution in [-0.2, 0) is 47.7 Å². The second-order valence-electron chi connectivity index (χ2n) is 6.37. The maximum absolute atomic E-state index is 12.9. The SMILES string of the molecule is COC(=O)[C@@H]1C(=O)[C@H](C(=O)OC)C2CC1[C@@H](C(=O)OC)C(=O)[C@@H]2C(=O)OC. The number of ketones is 2. The minimum absolute atomic E-state index is 0.101. The number of fused-ring (bicyclic) bond motifs is 2. The van der Waals surface area contributed by atoms with Crippen molar-refractivity contribution in [2.24, 2.45) is 35.5 Å². The number of hydrogen-bond acceptors (Lipinski definition) is 10. The first kappa shape index (κ1) is 20.5. The second kappa shape index (κ2) is 7.85. The number of esters is 4. The molecular weight excluding hydrogens is 364 g/mol. The summed E-state index contributed by atoms with van der Waals surface area (Å²) in [5, 5.41) is 0. The van der Waals surface area contributed by atoms with E-state index in [0.29, 0.717) is 0 Å². The molecule has 2 fully saturated rings. The summed E-state index contributed by atoms with van der Waals surface area (Å²) in [4.78, 5) is 74.8. The Labute approximate surface area is 154 Å². The summed E-state index contributed by atoms with van der Waals surface area (Å²) in [7, 11) is 4.18. The van der Waals surface area contributed by atoms with Gasteiger partial charge in [0.15, 0.2) is 11.6 Å². The van der Waals surface area contributed by atoms with Crippen LogP contribution in [0.4, 0.5) is 0 Å². The molecular formula is C17H20O10. The Morgan fingerprint density at radius 2 is 0.815 bits per heavy atom. The van der Waals surface area contributed by atoms with Crippen molar-refractivity contribution in [2.75, 3.05) is 28.4 Å². The van der Waals surface area contributed by atoms with E-state index in [0.717, 1.165) is 28.4 Å². The van der Waals surface area contributed by atoms with Crippen LogP contribution in [0.1, 0.15) is 6.42 Å². The van der Waals surface area contributed by atoms with Gasteiger partial charge in [-0.3, -0.25) is 28.8 Å². The first-order valence-electron chi connectivity index (χ1n) is 8.13. The molecule has 2 aliphatic rings. The molecule has 0 spiro atoms. The van der Waals surface area contributed by atoms with Gasteiger partial charge in [-0.1, -0.05) is 0 Å². The number of Topliss-reactive ketones (excluding diaryl/α,β-unsaturated/α-hetero) is 2. The molecule has 2 saturated carbocycles. The Morgan fingerprint density at radius 3 is 1.00 bits per heavy atom. The lowest BCUT2D eigenvalue weighted by Gasteiger charge is -2.46. The third-order valence-electron chi connectivity index (χ3n) is 5.30. The number of carbonyl (C=O) groups excluding carboxylic acids is 6. The van der Waals surface area contributed by atoms with Crippen LogP contribution in [0.3, 0.4) is 0 Å². The van der Waals surface area contributed by atoms with E-state index in [9.17, 15) is 28.8 Å². The lowest BCUT2D eigenvalue weighted by Crippen LogP contribution is -2.61. The summed E-state index contributed by atoms with van der Waals surface area (Å²) >= 11 is 0. The van der Waals surface area contributed by atoms with E-state index >= 15 is 0 Å². The van der Waals surface area contributed by atoms with Crippen molar-refractivity contribution in [1.29, 1.82) is 0 Å². The van der Waals surface area contributed by atoms with Gasteiger partial charge in [-0.25, -0.2) is 0 Å². The van der Waals surface area contributed by atoms with E-state index in [2.05, 4.69) is 18.9 Å². The molecule has 0 saturated heterocycles. The lowest BCUT2D eigenvalue weighted by atomic mass is 9.53. The number of methoxy groups -OCH3 is 4. The van der Waals surface area contributed by atoms with E-state index in [4.69, 9.17) is 0 Å². The standard InChI is InChI=1S/C17H20O10/c1-24-14(20)8-6-5-7(10(12(8)18)16(22)26-3)11(17(23)27-4)13(19)9(6)15(21)25-2/h6-11H,5H2,1-4H3/t6?,7?,8-,9-,10-,11+/m1/s1. The number of carbonyl (C=O) groups is 6. The first-order chi connectivity index (χ1) is 12.7. The van der Waals surface area contributed by atoms with Crippen LogP contribution in [0.2, 0.25) is 0 Å². The van der Waals surface area contributed by atoms with Crippen molar-refractivity contribution >= 4 is 35.4 Å². The van der Waals surface area contributed by atoms with Gasteiger partial charge in [0.05, 0.1) is 28.4 Å². The van der Waals surface area contributed by atoms with Crippen LogP contribution in [0.15, 0.2) is 0 Å². The normalized spacial score (nSPS) is 32.3.